The molecule has 1 fully saturated rings. The number of carbonyl (C=O) groups is 3. The Labute approximate surface area is 196 Å². The van der Waals surface area contributed by atoms with Crippen LogP contribution in [-0.2, 0) is 25.5 Å². The van der Waals surface area contributed by atoms with E-state index in [0.717, 1.165) is 37.8 Å². The number of likely N-dealkylation sites (tertiary alicyclic amines) is 1. The van der Waals surface area contributed by atoms with E-state index in [1.54, 1.807) is 31.2 Å². The Morgan fingerprint density at radius 2 is 1.88 bits per heavy atom. The summed E-state index contributed by atoms with van der Waals surface area (Å²) in [5, 5.41) is 9.44. The van der Waals surface area contributed by atoms with Gasteiger partial charge in [0.1, 0.15) is 12.3 Å². The number of nitrogens with zero attached hydrogens (tertiary/aromatic N) is 2. The van der Waals surface area contributed by atoms with E-state index in [9.17, 15) is 19.5 Å². The fraction of sp³-hybridized carbons (Fsp3) is 0.577. The topological polar surface area (TPSA) is 87.1 Å². The van der Waals surface area contributed by atoms with Gasteiger partial charge < -0.3 is 19.6 Å². The molecule has 1 heterocycles. The fourth-order valence-corrected chi connectivity index (χ4v) is 4.71. The third kappa shape index (κ3) is 7.34. The first-order chi connectivity index (χ1) is 16.0. The van der Waals surface area contributed by atoms with Gasteiger partial charge in [0.2, 0.25) is 11.8 Å². The van der Waals surface area contributed by atoms with Gasteiger partial charge in [0.25, 0.3) is 0 Å². The Morgan fingerprint density at radius 3 is 2.64 bits per heavy atom. The number of phenols is 1. The van der Waals surface area contributed by atoms with Gasteiger partial charge in [0.15, 0.2) is 0 Å². The van der Waals surface area contributed by atoms with E-state index >= 15 is 0 Å². The van der Waals surface area contributed by atoms with Crippen LogP contribution in [0.5, 0.6) is 5.75 Å². The van der Waals surface area contributed by atoms with Gasteiger partial charge in [0, 0.05) is 31.6 Å². The number of piperidine rings is 1. The number of aromatic hydroxyl groups is 1. The van der Waals surface area contributed by atoms with Crippen molar-refractivity contribution in [3.63, 3.8) is 0 Å². The minimum atomic E-state index is -0.434. The molecular weight excluding hydrogens is 420 g/mol. The number of hydrogen-bond acceptors (Lipinski definition) is 5. The van der Waals surface area contributed by atoms with Gasteiger partial charge in [0.05, 0.1) is 6.61 Å². The van der Waals surface area contributed by atoms with Crippen LogP contribution in [0.4, 0.5) is 0 Å². The smallest absolute Gasteiger partial charge is 0.325 e. The molecular formula is C26H36N2O5. The molecule has 1 aliphatic heterocycles. The van der Waals surface area contributed by atoms with Crippen molar-refractivity contribution in [2.24, 2.45) is 5.92 Å². The highest BCUT2D eigenvalue weighted by molar-refractivity contribution is 5.83. The Kier molecular flexibility index (Phi) is 9.34. The molecule has 2 aliphatic rings. The molecule has 1 aromatic carbocycles. The lowest BCUT2D eigenvalue weighted by atomic mass is 9.85. The van der Waals surface area contributed by atoms with Crippen LogP contribution in [0.2, 0.25) is 0 Å². The summed E-state index contributed by atoms with van der Waals surface area (Å²) >= 11 is 0. The van der Waals surface area contributed by atoms with Gasteiger partial charge in [-0.25, -0.2) is 0 Å². The van der Waals surface area contributed by atoms with Gasteiger partial charge in [-0.2, -0.15) is 0 Å². The van der Waals surface area contributed by atoms with Gasteiger partial charge >= 0.3 is 5.97 Å². The quantitative estimate of drug-likeness (QED) is 0.541. The lowest BCUT2D eigenvalue weighted by molar-refractivity contribution is -0.149. The van der Waals surface area contributed by atoms with E-state index in [0.29, 0.717) is 31.7 Å². The zero-order valence-electron chi connectivity index (χ0n) is 19.6. The summed E-state index contributed by atoms with van der Waals surface area (Å²) in [5.74, 6) is 0.214. The van der Waals surface area contributed by atoms with E-state index in [4.69, 9.17) is 4.74 Å². The van der Waals surface area contributed by atoms with E-state index in [1.165, 1.54) is 17.0 Å². The van der Waals surface area contributed by atoms with Crippen molar-refractivity contribution < 1.29 is 24.2 Å². The SMILES string of the molecule is CCOC(=O)CN(CCc1ccc(O)cc1)C(=O)CCCC(=O)N1CCCC2CCCC=C21. The monoisotopic (exact) mass is 456 g/mol. The van der Waals surface area contributed by atoms with Crippen LogP contribution in [0.15, 0.2) is 36.0 Å². The van der Waals surface area contributed by atoms with Crippen LogP contribution >= 0.6 is 0 Å². The molecule has 0 radical (unpaired) electrons. The average molecular weight is 457 g/mol. The van der Waals surface area contributed by atoms with Crippen molar-refractivity contribution >= 4 is 17.8 Å². The summed E-state index contributed by atoms with van der Waals surface area (Å²) in [7, 11) is 0. The van der Waals surface area contributed by atoms with Crippen LogP contribution in [0, 0.1) is 5.92 Å². The first kappa shape index (κ1) is 24.8. The third-order valence-corrected chi connectivity index (χ3v) is 6.44. The van der Waals surface area contributed by atoms with E-state index in [2.05, 4.69) is 6.08 Å². The van der Waals surface area contributed by atoms with Gasteiger partial charge in [-0.1, -0.05) is 18.2 Å². The minimum absolute atomic E-state index is 0.0978. The highest BCUT2D eigenvalue weighted by Crippen LogP contribution is 2.35. The second-order valence-corrected chi connectivity index (χ2v) is 8.83. The summed E-state index contributed by atoms with van der Waals surface area (Å²) in [6.07, 6.45) is 9.41. The molecule has 0 bridgehead atoms. The van der Waals surface area contributed by atoms with Crippen molar-refractivity contribution in [1.82, 2.24) is 9.80 Å². The molecule has 1 unspecified atom stereocenters. The molecule has 0 spiro atoms. The van der Waals surface area contributed by atoms with Gasteiger partial charge in [-0.3, -0.25) is 14.4 Å². The predicted molar refractivity (Wildman–Crippen MR) is 125 cm³/mol. The zero-order chi connectivity index (χ0) is 23.6. The number of benzene rings is 1. The Hall–Kier alpha value is -2.83. The maximum absolute atomic E-state index is 12.9. The second kappa shape index (κ2) is 12.4. The van der Waals surface area contributed by atoms with Gasteiger partial charge in [-0.15, -0.1) is 0 Å². The number of fused-ring (bicyclic) bond motifs is 1. The van der Waals surface area contributed by atoms with Crippen LogP contribution in [0.3, 0.4) is 0 Å². The van der Waals surface area contributed by atoms with Crippen LogP contribution in [0.25, 0.3) is 0 Å². The number of hydrogen-bond donors (Lipinski definition) is 1. The number of amides is 2. The predicted octanol–water partition coefficient (Wildman–Crippen LogP) is 3.80. The van der Waals surface area contributed by atoms with E-state index < -0.39 is 5.97 Å². The third-order valence-electron chi connectivity index (χ3n) is 6.44. The van der Waals surface area contributed by atoms with Gasteiger partial charge in [-0.05, 0) is 75.5 Å². The standard InChI is InChI=1S/C26H36N2O5/c1-2-33-26(32)19-27(18-16-20-12-14-22(29)15-13-20)24(30)10-5-11-25(31)28-17-6-8-21-7-3-4-9-23(21)28/h9,12-15,21,29H,2-8,10-11,16-19H2,1H3. The lowest BCUT2D eigenvalue weighted by Crippen LogP contribution is -2.39. The zero-order valence-corrected chi connectivity index (χ0v) is 19.6. The number of allylic oxidation sites excluding steroid dienone is 2. The normalized spacial score (nSPS) is 17.7. The molecule has 0 aromatic heterocycles. The van der Waals surface area contributed by atoms with E-state index in [-0.39, 0.29) is 37.1 Å². The minimum Gasteiger partial charge on any atom is -0.508 e. The Bertz CT molecular complexity index is 849. The molecule has 7 nitrogen and oxygen atoms in total. The maximum Gasteiger partial charge on any atom is 0.325 e. The maximum atomic E-state index is 12.9. The first-order valence-corrected chi connectivity index (χ1v) is 12.2. The van der Waals surface area contributed by atoms with E-state index in [1.807, 2.05) is 4.90 Å². The first-order valence-electron chi connectivity index (χ1n) is 12.2. The van der Waals surface area contributed by atoms with Crippen molar-refractivity contribution in [1.29, 1.82) is 0 Å². The molecule has 1 atom stereocenters. The second-order valence-electron chi connectivity index (χ2n) is 8.83. The number of phenolic OH excluding ortho intramolecular Hbond substituents is 1. The summed E-state index contributed by atoms with van der Waals surface area (Å²) in [4.78, 5) is 41.2. The molecule has 0 saturated carbocycles. The Balaban J connectivity index is 1.52. The molecule has 33 heavy (non-hydrogen) atoms. The molecule has 7 heteroatoms. The van der Waals surface area contributed by atoms with Crippen molar-refractivity contribution in [3.8, 4) is 5.75 Å². The molecule has 1 saturated heterocycles. The molecule has 180 valence electrons. The molecule has 1 N–H and O–H groups in total. The largest absolute Gasteiger partial charge is 0.508 e. The summed E-state index contributed by atoms with van der Waals surface area (Å²) in [5.41, 5.74) is 2.16. The lowest BCUT2D eigenvalue weighted by Gasteiger charge is -2.38. The van der Waals surface area contributed by atoms with Crippen molar-refractivity contribution in [3.05, 3.63) is 41.6 Å². The highest BCUT2D eigenvalue weighted by Gasteiger charge is 2.30. The molecule has 1 aliphatic carbocycles. The number of esters is 1. The highest BCUT2D eigenvalue weighted by atomic mass is 16.5. The summed E-state index contributed by atoms with van der Waals surface area (Å²) in [6.45, 7) is 3.05. The molecule has 2 amide bonds. The summed E-state index contributed by atoms with van der Waals surface area (Å²) < 4.78 is 5.03. The number of ether oxygens (including phenoxy) is 1. The molecule has 3 rings (SSSR count). The Morgan fingerprint density at radius 1 is 1.12 bits per heavy atom. The van der Waals surface area contributed by atoms with Crippen molar-refractivity contribution in [2.45, 2.75) is 64.7 Å². The average Bonchev–Trinajstić information content (AvgIpc) is 2.82. The fourth-order valence-electron chi connectivity index (χ4n) is 4.71. The van der Waals surface area contributed by atoms with Crippen LogP contribution < -0.4 is 0 Å². The van der Waals surface area contributed by atoms with Crippen LogP contribution in [-0.4, -0.2) is 58.9 Å². The number of rotatable bonds is 10. The molecule has 1 aromatic rings. The van der Waals surface area contributed by atoms with Crippen molar-refractivity contribution in [2.75, 3.05) is 26.2 Å². The summed E-state index contributed by atoms with van der Waals surface area (Å²) in [6, 6.07) is 6.80. The number of carbonyl (C=O) groups excluding carboxylic acids is 3. The van der Waals surface area contributed by atoms with Crippen LogP contribution in [0.1, 0.15) is 63.9 Å².